The number of carboxylic acid groups (broad SMARTS) is 1. The molecule has 3 aromatic rings. The number of nitrogens with zero attached hydrogens (tertiary/aromatic N) is 1. The van der Waals surface area contributed by atoms with Crippen LogP contribution in [0.15, 0.2) is 70.5 Å². The van der Waals surface area contributed by atoms with E-state index in [-0.39, 0.29) is 41.2 Å². The Morgan fingerprint density at radius 2 is 1.74 bits per heavy atom. The molecular formula is C25H24ClNO6S. The van der Waals surface area contributed by atoms with Crippen LogP contribution < -0.4 is 5.56 Å². The van der Waals surface area contributed by atoms with Crippen molar-refractivity contribution in [3.05, 3.63) is 98.4 Å². The van der Waals surface area contributed by atoms with E-state index in [9.17, 15) is 22.8 Å². The fourth-order valence-electron chi connectivity index (χ4n) is 3.78. The van der Waals surface area contributed by atoms with Crippen LogP contribution in [0.25, 0.3) is 0 Å². The molecule has 0 bridgehead atoms. The second kappa shape index (κ2) is 10.4. The van der Waals surface area contributed by atoms with E-state index in [1.807, 2.05) is 13.0 Å². The summed E-state index contributed by atoms with van der Waals surface area (Å²) < 4.78 is 24.9. The summed E-state index contributed by atoms with van der Waals surface area (Å²) in [6.45, 7) is 1.84. The van der Waals surface area contributed by atoms with Crippen molar-refractivity contribution in [1.29, 1.82) is 0 Å². The molecule has 3 rings (SSSR count). The molecule has 0 aliphatic heterocycles. The quantitative estimate of drug-likeness (QED) is 0.442. The molecule has 0 aliphatic rings. The standard InChI is InChI=1S/C25H24ClNO6S/c1-16-13-19(26)6-9-21(16)22(17-3-7-20(8-4-17)34(2,32)33)14-23(28)18-5-10-24(29)27(15-18)12-11-25(30)31/h3-10,13,15,22H,11-12,14H2,1-2H3,(H,30,31). The zero-order chi connectivity index (χ0) is 25.0. The first-order chi connectivity index (χ1) is 16.0. The molecule has 0 amide bonds. The van der Waals surface area contributed by atoms with E-state index in [2.05, 4.69) is 0 Å². The van der Waals surface area contributed by atoms with Crippen LogP contribution in [0.4, 0.5) is 0 Å². The molecule has 0 radical (unpaired) electrons. The SMILES string of the molecule is Cc1cc(Cl)ccc1C(CC(=O)c1ccc(=O)n(CCC(=O)O)c1)c1ccc(S(C)(=O)=O)cc1. The highest BCUT2D eigenvalue weighted by Gasteiger charge is 2.22. The van der Waals surface area contributed by atoms with Crippen molar-refractivity contribution >= 4 is 33.2 Å². The maximum atomic E-state index is 13.3. The van der Waals surface area contributed by atoms with E-state index in [0.29, 0.717) is 5.02 Å². The molecular weight excluding hydrogens is 478 g/mol. The van der Waals surface area contributed by atoms with Crippen LogP contribution in [0.1, 0.15) is 45.8 Å². The van der Waals surface area contributed by atoms with Crippen molar-refractivity contribution in [2.75, 3.05) is 6.26 Å². The second-order valence-corrected chi connectivity index (χ2v) is 10.6. The average molecular weight is 502 g/mol. The van der Waals surface area contributed by atoms with Gasteiger partial charge in [-0.2, -0.15) is 0 Å². The lowest BCUT2D eigenvalue weighted by molar-refractivity contribution is -0.137. The van der Waals surface area contributed by atoms with Crippen LogP contribution in [-0.4, -0.2) is 36.1 Å². The molecule has 1 unspecified atom stereocenters. The monoisotopic (exact) mass is 501 g/mol. The molecule has 0 fully saturated rings. The van der Waals surface area contributed by atoms with Gasteiger partial charge in [-0.3, -0.25) is 14.4 Å². The van der Waals surface area contributed by atoms with Crippen LogP contribution in [0.3, 0.4) is 0 Å². The fraction of sp³-hybridized carbons (Fsp3) is 0.240. The Balaban J connectivity index is 1.99. The van der Waals surface area contributed by atoms with Crippen molar-refractivity contribution in [3.8, 4) is 0 Å². The lowest BCUT2D eigenvalue weighted by atomic mass is 9.84. The average Bonchev–Trinajstić information content (AvgIpc) is 2.76. The predicted octanol–water partition coefficient (Wildman–Crippen LogP) is 4.09. The number of rotatable bonds is 9. The Bertz CT molecular complexity index is 1390. The maximum Gasteiger partial charge on any atom is 0.305 e. The number of aromatic nitrogens is 1. The highest BCUT2D eigenvalue weighted by Crippen LogP contribution is 2.33. The number of sulfone groups is 1. The summed E-state index contributed by atoms with van der Waals surface area (Å²) in [6.07, 6.45) is 2.33. The minimum Gasteiger partial charge on any atom is -0.481 e. The van der Waals surface area contributed by atoms with Crippen molar-refractivity contribution < 1.29 is 23.1 Å². The fourth-order valence-corrected chi connectivity index (χ4v) is 4.63. The number of carbonyl (C=O) groups excluding carboxylic acids is 1. The number of pyridine rings is 1. The Morgan fingerprint density at radius 1 is 1.06 bits per heavy atom. The molecule has 7 nitrogen and oxygen atoms in total. The largest absolute Gasteiger partial charge is 0.481 e. The predicted molar refractivity (Wildman–Crippen MR) is 129 cm³/mol. The minimum atomic E-state index is -3.37. The number of ketones is 1. The van der Waals surface area contributed by atoms with Gasteiger partial charge in [0.2, 0.25) is 0 Å². The third-order valence-corrected chi connectivity index (χ3v) is 6.94. The van der Waals surface area contributed by atoms with Crippen LogP contribution in [0.2, 0.25) is 5.02 Å². The number of halogens is 1. The summed E-state index contributed by atoms with van der Waals surface area (Å²) in [5, 5.41) is 9.46. The summed E-state index contributed by atoms with van der Waals surface area (Å²) in [5.74, 6) is -1.67. The summed E-state index contributed by atoms with van der Waals surface area (Å²) in [5.41, 5.74) is 2.40. The first-order valence-corrected chi connectivity index (χ1v) is 12.7. The van der Waals surface area contributed by atoms with Gasteiger partial charge in [-0.15, -0.1) is 0 Å². The van der Waals surface area contributed by atoms with Gasteiger partial charge in [0.05, 0.1) is 11.3 Å². The Labute approximate surface area is 202 Å². The molecule has 1 N–H and O–H groups in total. The first kappa shape index (κ1) is 25.4. The summed E-state index contributed by atoms with van der Waals surface area (Å²) >= 11 is 6.12. The highest BCUT2D eigenvalue weighted by molar-refractivity contribution is 7.90. The number of aliphatic carboxylic acids is 1. The van der Waals surface area contributed by atoms with Crippen molar-refractivity contribution in [2.45, 2.75) is 37.1 Å². The number of hydrogen-bond acceptors (Lipinski definition) is 5. The van der Waals surface area contributed by atoms with Gasteiger partial charge in [0, 0.05) is 48.0 Å². The molecule has 0 aliphatic carbocycles. The third kappa shape index (κ3) is 6.21. The van der Waals surface area contributed by atoms with Crippen molar-refractivity contribution in [3.63, 3.8) is 0 Å². The normalized spacial score (nSPS) is 12.3. The van der Waals surface area contributed by atoms with Gasteiger partial charge in [-0.05, 0) is 53.9 Å². The van der Waals surface area contributed by atoms with Gasteiger partial charge in [-0.25, -0.2) is 8.42 Å². The minimum absolute atomic E-state index is 0.0397. The number of aryl methyl sites for hydroxylation is 2. The third-order valence-electron chi connectivity index (χ3n) is 5.58. The van der Waals surface area contributed by atoms with Gasteiger partial charge in [0.25, 0.3) is 5.56 Å². The van der Waals surface area contributed by atoms with Crippen LogP contribution in [-0.2, 0) is 21.2 Å². The molecule has 0 spiro atoms. The Hall–Kier alpha value is -3.23. The topological polar surface area (TPSA) is 111 Å². The summed E-state index contributed by atoms with van der Waals surface area (Å²) in [7, 11) is -3.37. The Morgan fingerprint density at radius 3 is 2.32 bits per heavy atom. The van der Waals surface area contributed by atoms with Gasteiger partial charge in [0.15, 0.2) is 15.6 Å². The van der Waals surface area contributed by atoms with Crippen molar-refractivity contribution in [2.24, 2.45) is 0 Å². The van der Waals surface area contributed by atoms with E-state index in [1.54, 1.807) is 24.3 Å². The summed E-state index contributed by atoms with van der Waals surface area (Å²) in [6, 6.07) is 14.5. The second-order valence-electron chi connectivity index (χ2n) is 8.12. The van der Waals surface area contributed by atoms with Gasteiger partial charge in [0.1, 0.15) is 0 Å². The summed E-state index contributed by atoms with van der Waals surface area (Å²) in [4.78, 5) is 36.4. The van der Waals surface area contributed by atoms with Crippen molar-refractivity contribution in [1.82, 2.24) is 4.57 Å². The number of hydrogen-bond donors (Lipinski definition) is 1. The Kier molecular flexibility index (Phi) is 7.74. The molecule has 34 heavy (non-hydrogen) atoms. The van der Waals surface area contributed by atoms with Gasteiger partial charge >= 0.3 is 5.97 Å². The molecule has 9 heteroatoms. The molecule has 2 aromatic carbocycles. The molecule has 0 saturated heterocycles. The van der Waals surface area contributed by atoms with Crippen LogP contribution >= 0.6 is 11.6 Å². The number of Topliss-reactive ketones (excluding diaryl/α,β-unsaturated/α-hetero) is 1. The van der Waals surface area contributed by atoms with E-state index in [0.717, 1.165) is 22.9 Å². The number of carboxylic acids is 1. The highest BCUT2D eigenvalue weighted by atomic mass is 35.5. The smallest absolute Gasteiger partial charge is 0.305 e. The maximum absolute atomic E-state index is 13.3. The van der Waals surface area contributed by atoms with E-state index >= 15 is 0 Å². The first-order valence-electron chi connectivity index (χ1n) is 10.5. The number of benzene rings is 2. The number of carbonyl (C=O) groups is 2. The van der Waals surface area contributed by atoms with Gasteiger partial charge in [-0.1, -0.05) is 29.8 Å². The van der Waals surface area contributed by atoms with E-state index < -0.39 is 21.7 Å². The molecule has 1 heterocycles. The zero-order valence-electron chi connectivity index (χ0n) is 18.7. The molecule has 178 valence electrons. The van der Waals surface area contributed by atoms with Crippen LogP contribution in [0, 0.1) is 6.92 Å². The lowest BCUT2D eigenvalue weighted by Crippen LogP contribution is -2.22. The molecule has 0 saturated carbocycles. The lowest BCUT2D eigenvalue weighted by Gasteiger charge is -2.20. The van der Waals surface area contributed by atoms with E-state index in [4.69, 9.17) is 16.7 Å². The van der Waals surface area contributed by atoms with E-state index in [1.165, 1.54) is 35.0 Å². The molecule has 1 atom stereocenters. The molecule has 1 aromatic heterocycles. The van der Waals surface area contributed by atoms with Crippen LogP contribution in [0.5, 0.6) is 0 Å². The zero-order valence-corrected chi connectivity index (χ0v) is 20.3. The van der Waals surface area contributed by atoms with Gasteiger partial charge < -0.3 is 9.67 Å².